The van der Waals surface area contributed by atoms with Gasteiger partial charge in [0.2, 0.25) is 5.91 Å². The van der Waals surface area contributed by atoms with Crippen LogP contribution in [0.3, 0.4) is 0 Å². The van der Waals surface area contributed by atoms with Crippen LogP contribution in [0.15, 0.2) is 0 Å². The molecule has 2 aliphatic carbocycles. The number of nitrogens with two attached hydrogens (primary N) is 1. The predicted octanol–water partition coefficient (Wildman–Crippen LogP) is 1.12. The number of nitrogens with zero attached hydrogens (tertiary/aromatic N) is 1. The molecule has 0 radical (unpaired) electrons. The Hall–Kier alpha value is -1.26. The lowest BCUT2D eigenvalue weighted by atomic mass is 9.96. The van der Waals surface area contributed by atoms with Crippen LogP contribution in [0.5, 0.6) is 0 Å². The number of piperidine rings is 1. The van der Waals surface area contributed by atoms with Crippen LogP contribution in [0.2, 0.25) is 0 Å². The zero-order valence-corrected chi connectivity index (χ0v) is 11.1. The summed E-state index contributed by atoms with van der Waals surface area (Å²) in [6, 6.07) is -0.277. The Labute approximate surface area is 107 Å². The van der Waals surface area contributed by atoms with E-state index in [9.17, 15) is 9.59 Å². The number of hydrogen-bond donors (Lipinski definition) is 1. The topological polar surface area (TPSA) is 72.6 Å². The lowest BCUT2D eigenvalue weighted by Crippen LogP contribution is -2.53. The number of carbonyl (C=O) groups excluding carboxylic acids is 2. The van der Waals surface area contributed by atoms with Crippen molar-refractivity contribution in [2.45, 2.75) is 51.3 Å². The van der Waals surface area contributed by atoms with Crippen molar-refractivity contribution in [1.82, 2.24) is 4.90 Å². The van der Waals surface area contributed by atoms with Crippen molar-refractivity contribution >= 4 is 12.0 Å². The summed E-state index contributed by atoms with van der Waals surface area (Å²) in [6.45, 7) is 5.50. The van der Waals surface area contributed by atoms with E-state index in [1.165, 1.54) is 0 Å². The van der Waals surface area contributed by atoms with Crippen molar-refractivity contribution in [2.75, 3.05) is 0 Å². The molecule has 5 atom stereocenters. The van der Waals surface area contributed by atoms with Crippen LogP contribution >= 0.6 is 0 Å². The Morgan fingerprint density at radius 3 is 2.39 bits per heavy atom. The third-order valence-electron chi connectivity index (χ3n) is 4.41. The van der Waals surface area contributed by atoms with Crippen LogP contribution in [-0.4, -0.2) is 34.6 Å². The van der Waals surface area contributed by atoms with E-state index in [0.717, 1.165) is 12.8 Å². The summed E-state index contributed by atoms with van der Waals surface area (Å²) in [7, 11) is 0. The Balaban J connectivity index is 1.82. The minimum atomic E-state index is -0.538. The van der Waals surface area contributed by atoms with E-state index in [1.54, 1.807) is 4.90 Å². The minimum absolute atomic E-state index is 0.173. The van der Waals surface area contributed by atoms with Gasteiger partial charge in [-0.15, -0.1) is 0 Å². The minimum Gasteiger partial charge on any atom is -0.444 e. The fourth-order valence-corrected chi connectivity index (χ4v) is 3.81. The summed E-state index contributed by atoms with van der Waals surface area (Å²) in [6.07, 6.45) is 1.67. The van der Waals surface area contributed by atoms with Gasteiger partial charge < -0.3 is 10.5 Å². The number of hydrogen-bond acceptors (Lipinski definition) is 3. The normalized spacial score (nSPS) is 40.6. The molecule has 5 heteroatoms. The van der Waals surface area contributed by atoms with Crippen LogP contribution in [0.1, 0.15) is 33.6 Å². The maximum absolute atomic E-state index is 12.2. The number of rotatable bonds is 1. The molecule has 1 saturated heterocycles. The molecule has 3 fully saturated rings. The van der Waals surface area contributed by atoms with Crippen LogP contribution in [0.25, 0.3) is 0 Å². The van der Waals surface area contributed by atoms with Gasteiger partial charge in [0.1, 0.15) is 11.6 Å². The summed E-state index contributed by atoms with van der Waals surface area (Å²) in [5.41, 5.74) is 4.93. The van der Waals surface area contributed by atoms with Crippen molar-refractivity contribution in [3.05, 3.63) is 0 Å². The van der Waals surface area contributed by atoms with E-state index in [1.807, 2.05) is 20.8 Å². The molecule has 0 aromatic heterocycles. The Morgan fingerprint density at radius 1 is 1.17 bits per heavy atom. The zero-order chi connectivity index (χ0) is 13.2. The molecule has 2 saturated carbocycles. The Kier molecular flexibility index (Phi) is 2.23. The molecule has 0 unspecified atom stereocenters. The fraction of sp³-hybridized carbons (Fsp3) is 0.846. The lowest BCUT2D eigenvalue weighted by Gasteiger charge is -2.34. The molecule has 0 spiro atoms. The molecule has 100 valence electrons. The Morgan fingerprint density at radius 2 is 1.83 bits per heavy atom. The number of ether oxygens (including phenoxy) is 1. The first-order valence-corrected chi connectivity index (χ1v) is 6.60. The standard InChI is InChI=1S/C13H20N2O3/c1-13(2,3)18-12(17)15-9-5-8(6-4-7(6)9)10(15)11(14)16/h6-10H,4-5H2,1-3H3,(H2,14,16)/t6-,7+,8-,9+,10+/m1/s1. The van der Waals surface area contributed by atoms with Gasteiger partial charge in [-0.1, -0.05) is 0 Å². The molecular formula is C13H20N2O3. The largest absolute Gasteiger partial charge is 0.444 e. The maximum atomic E-state index is 12.2. The Bertz CT molecular complexity index is 415. The second kappa shape index (κ2) is 3.39. The van der Waals surface area contributed by atoms with Crippen LogP contribution in [-0.2, 0) is 9.53 Å². The van der Waals surface area contributed by atoms with E-state index in [0.29, 0.717) is 11.8 Å². The van der Waals surface area contributed by atoms with Crippen molar-refractivity contribution in [3.63, 3.8) is 0 Å². The number of primary amides is 1. The SMILES string of the molecule is CC(C)(C)OC(=O)N1[C@H](C(N)=O)[C@@H]2C[C@H]1[C@H]1C[C@@H]21. The molecule has 3 aliphatic rings. The molecule has 18 heavy (non-hydrogen) atoms. The first kappa shape index (κ1) is 11.8. The summed E-state index contributed by atoms with van der Waals surface area (Å²) in [4.78, 5) is 25.5. The molecule has 3 rings (SSSR count). The van der Waals surface area contributed by atoms with Gasteiger partial charge in [-0.2, -0.15) is 0 Å². The van der Waals surface area contributed by atoms with E-state index >= 15 is 0 Å². The summed E-state index contributed by atoms with van der Waals surface area (Å²) >= 11 is 0. The molecule has 2 bridgehead atoms. The molecule has 1 aliphatic heterocycles. The predicted molar refractivity (Wildman–Crippen MR) is 64.5 cm³/mol. The van der Waals surface area contributed by atoms with Crippen molar-refractivity contribution in [3.8, 4) is 0 Å². The molecular weight excluding hydrogens is 232 g/mol. The molecule has 2 N–H and O–H groups in total. The van der Waals surface area contributed by atoms with Gasteiger partial charge in [0.15, 0.2) is 0 Å². The summed E-state index contributed by atoms with van der Waals surface area (Å²) < 4.78 is 5.40. The van der Waals surface area contributed by atoms with Crippen LogP contribution in [0.4, 0.5) is 4.79 Å². The first-order valence-electron chi connectivity index (χ1n) is 6.60. The lowest BCUT2D eigenvalue weighted by molar-refractivity contribution is -0.124. The highest BCUT2D eigenvalue weighted by Crippen LogP contribution is 2.63. The van der Waals surface area contributed by atoms with Gasteiger partial charge in [0.25, 0.3) is 0 Å². The van der Waals surface area contributed by atoms with Crippen LogP contribution < -0.4 is 5.73 Å². The van der Waals surface area contributed by atoms with Gasteiger partial charge in [-0.3, -0.25) is 9.69 Å². The number of likely N-dealkylation sites (tertiary alicyclic amines) is 1. The van der Waals surface area contributed by atoms with Gasteiger partial charge in [-0.05, 0) is 51.4 Å². The van der Waals surface area contributed by atoms with Gasteiger partial charge in [0.05, 0.1) is 0 Å². The molecule has 0 aromatic rings. The van der Waals surface area contributed by atoms with E-state index in [-0.39, 0.29) is 18.1 Å². The highest BCUT2D eigenvalue weighted by Gasteiger charge is 2.67. The van der Waals surface area contributed by atoms with Gasteiger partial charge >= 0.3 is 6.09 Å². The third-order valence-corrected chi connectivity index (χ3v) is 4.41. The molecule has 0 aromatic carbocycles. The highest BCUT2D eigenvalue weighted by molar-refractivity contribution is 5.86. The molecule has 2 amide bonds. The summed E-state index contributed by atoms with van der Waals surface area (Å²) in [5, 5.41) is 0. The first-order chi connectivity index (χ1) is 8.29. The number of fused-ring (bicyclic) bond motifs is 5. The third kappa shape index (κ3) is 1.60. The second-order valence-electron chi connectivity index (χ2n) is 6.77. The van der Waals surface area contributed by atoms with Crippen LogP contribution in [0, 0.1) is 17.8 Å². The van der Waals surface area contributed by atoms with Gasteiger partial charge in [0, 0.05) is 6.04 Å². The average Bonchev–Trinajstić information content (AvgIpc) is 2.81. The van der Waals surface area contributed by atoms with Crippen molar-refractivity contribution < 1.29 is 14.3 Å². The van der Waals surface area contributed by atoms with E-state index in [4.69, 9.17) is 10.5 Å². The monoisotopic (exact) mass is 252 g/mol. The highest BCUT2D eigenvalue weighted by atomic mass is 16.6. The second-order valence-corrected chi connectivity index (χ2v) is 6.77. The smallest absolute Gasteiger partial charge is 0.411 e. The van der Waals surface area contributed by atoms with Crippen molar-refractivity contribution in [1.29, 1.82) is 0 Å². The fourth-order valence-electron chi connectivity index (χ4n) is 3.81. The zero-order valence-electron chi connectivity index (χ0n) is 11.1. The quantitative estimate of drug-likeness (QED) is 0.760. The number of amides is 2. The average molecular weight is 252 g/mol. The van der Waals surface area contributed by atoms with Gasteiger partial charge in [-0.25, -0.2) is 4.79 Å². The number of carbonyl (C=O) groups is 2. The summed E-state index contributed by atoms with van der Waals surface area (Å²) in [5.74, 6) is 1.08. The maximum Gasteiger partial charge on any atom is 0.411 e. The van der Waals surface area contributed by atoms with E-state index in [2.05, 4.69) is 0 Å². The van der Waals surface area contributed by atoms with E-state index < -0.39 is 17.6 Å². The van der Waals surface area contributed by atoms with Crippen molar-refractivity contribution in [2.24, 2.45) is 23.5 Å². The molecule has 1 heterocycles. The molecule has 5 nitrogen and oxygen atoms in total.